The quantitative estimate of drug-likeness (QED) is 0.707. The van der Waals surface area contributed by atoms with Gasteiger partial charge in [0.15, 0.2) is 5.69 Å². The highest BCUT2D eigenvalue weighted by atomic mass is 16.5. The molecule has 1 atom stereocenters. The minimum Gasteiger partial charge on any atom is -0.376 e. The van der Waals surface area contributed by atoms with Crippen LogP contribution >= 0.6 is 0 Å². The normalized spacial score (nSPS) is 19.3. The van der Waals surface area contributed by atoms with Crippen molar-refractivity contribution in [3.8, 4) is 0 Å². The van der Waals surface area contributed by atoms with Crippen molar-refractivity contribution in [3.63, 3.8) is 0 Å². The molecule has 9 heteroatoms. The van der Waals surface area contributed by atoms with E-state index >= 15 is 0 Å². The van der Waals surface area contributed by atoms with E-state index in [9.17, 15) is 4.79 Å². The molecule has 2 aliphatic rings. The van der Waals surface area contributed by atoms with Crippen molar-refractivity contribution in [1.82, 2.24) is 34.8 Å². The van der Waals surface area contributed by atoms with E-state index in [2.05, 4.69) is 25.3 Å². The van der Waals surface area contributed by atoms with Crippen LogP contribution in [-0.4, -0.2) is 53.9 Å². The molecule has 0 fully saturated rings. The van der Waals surface area contributed by atoms with Gasteiger partial charge in [0.05, 0.1) is 43.7 Å². The molecule has 0 aliphatic carbocycles. The van der Waals surface area contributed by atoms with Crippen molar-refractivity contribution in [2.24, 2.45) is 7.05 Å². The number of aromatic amines is 2. The van der Waals surface area contributed by atoms with E-state index in [1.54, 1.807) is 11.0 Å². The maximum Gasteiger partial charge on any atom is 0.275 e. The SMILES string of the molecule is Cn1cc(C2CN(C(=O)c3n[nH]c4c3COCC4)Cc3[nH]cnc32)cn1. The standard InChI is InChI=1S/C17H19N7O2/c1-23-5-10(4-20-23)11-6-24(7-14-15(11)19-9-18-14)17(25)16-12-8-26-3-2-13(12)21-22-16/h4-5,9,11H,2-3,6-8H2,1H3,(H,18,19)(H,21,22). The highest BCUT2D eigenvalue weighted by Gasteiger charge is 2.34. The van der Waals surface area contributed by atoms with Crippen molar-refractivity contribution >= 4 is 5.91 Å². The molecule has 3 aromatic heterocycles. The van der Waals surface area contributed by atoms with E-state index in [-0.39, 0.29) is 11.8 Å². The smallest absolute Gasteiger partial charge is 0.275 e. The monoisotopic (exact) mass is 353 g/mol. The van der Waals surface area contributed by atoms with Gasteiger partial charge >= 0.3 is 0 Å². The van der Waals surface area contributed by atoms with E-state index < -0.39 is 0 Å². The number of nitrogens with one attached hydrogen (secondary N) is 2. The lowest BCUT2D eigenvalue weighted by Gasteiger charge is -2.31. The molecular formula is C17H19N7O2. The van der Waals surface area contributed by atoms with Gasteiger partial charge in [0.1, 0.15) is 0 Å². The molecule has 2 aliphatic heterocycles. The van der Waals surface area contributed by atoms with Gasteiger partial charge < -0.3 is 14.6 Å². The predicted octanol–water partition coefficient (Wildman–Crippen LogP) is 0.727. The molecule has 1 unspecified atom stereocenters. The molecule has 134 valence electrons. The van der Waals surface area contributed by atoms with Gasteiger partial charge in [0.2, 0.25) is 0 Å². The summed E-state index contributed by atoms with van der Waals surface area (Å²) in [6.07, 6.45) is 6.26. The first-order valence-electron chi connectivity index (χ1n) is 8.64. The number of carbonyl (C=O) groups excluding carboxylic acids is 1. The number of H-pyrrole nitrogens is 2. The number of ether oxygens (including phenoxy) is 1. The zero-order chi connectivity index (χ0) is 17.7. The summed E-state index contributed by atoms with van der Waals surface area (Å²) in [5.74, 6) is -0.0872. The minimum absolute atomic E-state index is 0.00586. The molecular weight excluding hydrogens is 334 g/mol. The van der Waals surface area contributed by atoms with Gasteiger partial charge in [0, 0.05) is 48.9 Å². The van der Waals surface area contributed by atoms with Gasteiger partial charge in [-0.05, 0) is 0 Å². The van der Waals surface area contributed by atoms with Crippen molar-refractivity contribution in [2.75, 3.05) is 13.2 Å². The molecule has 5 rings (SSSR count). The second-order valence-corrected chi connectivity index (χ2v) is 6.78. The van der Waals surface area contributed by atoms with Crippen LogP contribution in [0, 0.1) is 0 Å². The lowest BCUT2D eigenvalue weighted by atomic mass is 9.93. The van der Waals surface area contributed by atoms with Crippen LogP contribution in [0.3, 0.4) is 0 Å². The lowest BCUT2D eigenvalue weighted by Crippen LogP contribution is -2.39. The third-order valence-electron chi connectivity index (χ3n) is 5.15. The molecule has 2 N–H and O–H groups in total. The highest BCUT2D eigenvalue weighted by Crippen LogP contribution is 2.32. The molecule has 26 heavy (non-hydrogen) atoms. The van der Waals surface area contributed by atoms with E-state index in [1.807, 2.05) is 24.3 Å². The fourth-order valence-electron chi connectivity index (χ4n) is 3.80. The highest BCUT2D eigenvalue weighted by molar-refractivity contribution is 5.94. The number of amides is 1. The summed E-state index contributed by atoms with van der Waals surface area (Å²) in [7, 11) is 1.89. The zero-order valence-electron chi connectivity index (χ0n) is 14.4. The van der Waals surface area contributed by atoms with Crippen LogP contribution in [0.5, 0.6) is 0 Å². The van der Waals surface area contributed by atoms with E-state index in [1.165, 1.54) is 0 Å². The van der Waals surface area contributed by atoms with Gasteiger partial charge in [0.25, 0.3) is 5.91 Å². The number of imidazole rings is 1. The molecule has 0 aromatic carbocycles. The Bertz CT molecular complexity index is 970. The predicted molar refractivity (Wildman–Crippen MR) is 90.3 cm³/mol. The number of aromatic nitrogens is 6. The van der Waals surface area contributed by atoms with Gasteiger partial charge in [-0.3, -0.25) is 14.6 Å². The van der Waals surface area contributed by atoms with Crippen LogP contribution in [0.4, 0.5) is 0 Å². The Labute approximate surface area is 149 Å². The van der Waals surface area contributed by atoms with Gasteiger partial charge in [-0.1, -0.05) is 0 Å². The zero-order valence-corrected chi connectivity index (χ0v) is 14.4. The first kappa shape index (κ1) is 15.3. The molecule has 0 spiro atoms. The molecule has 3 aromatic rings. The van der Waals surface area contributed by atoms with Gasteiger partial charge in [-0.25, -0.2) is 4.98 Å². The average Bonchev–Trinajstić information content (AvgIpc) is 3.39. The van der Waals surface area contributed by atoms with Gasteiger partial charge in [-0.2, -0.15) is 10.2 Å². The number of carbonyl (C=O) groups is 1. The summed E-state index contributed by atoms with van der Waals surface area (Å²) >= 11 is 0. The summed E-state index contributed by atoms with van der Waals surface area (Å²) in [4.78, 5) is 22.7. The van der Waals surface area contributed by atoms with Crippen molar-refractivity contribution < 1.29 is 9.53 Å². The Hall–Kier alpha value is -2.94. The topological polar surface area (TPSA) is 105 Å². The van der Waals surface area contributed by atoms with Crippen molar-refractivity contribution in [3.05, 3.63) is 52.6 Å². The van der Waals surface area contributed by atoms with Crippen molar-refractivity contribution in [2.45, 2.75) is 25.5 Å². The van der Waals surface area contributed by atoms with Crippen LogP contribution in [-0.2, 0) is 31.4 Å². The summed E-state index contributed by atoms with van der Waals surface area (Å²) in [6.45, 7) is 2.13. The third kappa shape index (κ3) is 2.35. The van der Waals surface area contributed by atoms with Crippen molar-refractivity contribution in [1.29, 1.82) is 0 Å². The number of hydrogen-bond acceptors (Lipinski definition) is 5. The van der Waals surface area contributed by atoms with Crippen LogP contribution in [0.15, 0.2) is 18.7 Å². The summed E-state index contributed by atoms with van der Waals surface area (Å²) < 4.78 is 7.28. The first-order chi connectivity index (χ1) is 12.7. The summed E-state index contributed by atoms with van der Waals surface area (Å²) in [6, 6.07) is 0. The molecule has 9 nitrogen and oxygen atoms in total. The molecule has 0 radical (unpaired) electrons. The van der Waals surface area contributed by atoms with E-state index in [0.717, 1.165) is 34.6 Å². The van der Waals surface area contributed by atoms with Crippen LogP contribution < -0.4 is 0 Å². The molecule has 0 saturated heterocycles. The maximum absolute atomic E-state index is 13.2. The maximum atomic E-state index is 13.2. The second-order valence-electron chi connectivity index (χ2n) is 6.78. The largest absolute Gasteiger partial charge is 0.376 e. The Morgan fingerprint density at radius 3 is 3.15 bits per heavy atom. The average molecular weight is 353 g/mol. The van der Waals surface area contributed by atoms with Crippen LogP contribution in [0.25, 0.3) is 0 Å². The number of rotatable bonds is 2. The molecule has 0 bridgehead atoms. The second kappa shape index (κ2) is 5.80. The summed E-state index contributed by atoms with van der Waals surface area (Å²) in [5.41, 5.74) is 5.34. The van der Waals surface area contributed by atoms with E-state index in [4.69, 9.17) is 4.74 Å². The third-order valence-corrected chi connectivity index (χ3v) is 5.15. The molecule has 5 heterocycles. The van der Waals surface area contributed by atoms with Gasteiger partial charge in [-0.15, -0.1) is 0 Å². The first-order valence-corrected chi connectivity index (χ1v) is 8.64. The lowest BCUT2D eigenvalue weighted by molar-refractivity contribution is 0.0703. The number of fused-ring (bicyclic) bond motifs is 2. The fourth-order valence-corrected chi connectivity index (χ4v) is 3.80. The molecule has 0 saturated carbocycles. The van der Waals surface area contributed by atoms with Crippen LogP contribution in [0.2, 0.25) is 0 Å². The van der Waals surface area contributed by atoms with Crippen LogP contribution in [0.1, 0.15) is 44.6 Å². The summed E-state index contributed by atoms with van der Waals surface area (Å²) in [5, 5.41) is 11.5. The Morgan fingerprint density at radius 2 is 2.31 bits per heavy atom. The Balaban J connectivity index is 1.49. The Morgan fingerprint density at radius 1 is 1.38 bits per heavy atom. The van der Waals surface area contributed by atoms with E-state index in [0.29, 0.717) is 32.0 Å². The fraction of sp³-hybridized carbons (Fsp3) is 0.412. The number of aryl methyl sites for hydroxylation is 1. The number of hydrogen-bond donors (Lipinski definition) is 2. The minimum atomic E-state index is -0.0814. The Kier molecular flexibility index (Phi) is 3.42. The molecule has 1 amide bonds. The number of nitrogens with zero attached hydrogens (tertiary/aromatic N) is 5.